The molecule has 182 valence electrons. The molecule has 1 N–H and O–H groups in total. The number of hydrogen-bond donors (Lipinski definition) is 1. The number of rotatable bonds is 5. The quantitative estimate of drug-likeness (QED) is 0.493. The molecule has 0 radical (unpaired) electrons. The molecule has 8 heteroatoms. The van der Waals surface area contributed by atoms with E-state index in [1.807, 2.05) is 18.9 Å². The van der Waals surface area contributed by atoms with E-state index in [2.05, 4.69) is 58.8 Å². The third-order valence-corrected chi connectivity index (χ3v) is 7.30. The summed E-state index contributed by atoms with van der Waals surface area (Å²) in [6, 6.07) is 22.0. The number of carbonyl (C=O) groups excluding carboxylic acids is 2. The zero-order chi connectivity index (χ0) is 25.2. The van der Waals surface area contributed by atoms with E-state index in [1.54, 1.807) is 6.07 Å². The fourth-order valence-electron chi connectivity index (χ4n) is 4.21. The highest BCUT2D eigenvalue weighted by Gasteiger charge is 2.39. The van der Waals surface area contributed by atoms with Gasteiger partial charge in [-0.1, -0.05) is 77.5 Å². The molecule has 0 aromatic heterocycles. The maximum atomic E-state index is 13.4. The minimum Gasteiger partial charge on any atom is -0.326 e. The van der Waals surface area contributed by atoms with Crippen molar-refractivity contribution in [1.29, 1.82) is 0 Å². The second-order valence-corrected chi connectivity index (χ2v) is 10.2. The number of aliphatic imine (C=N–C) groups is 1. The molecule has 6 nitrogen and oxygen atoms in total. The van der Waals surface area contributed by atoms with Crippen molar-refractivity contribution in [2.24, 2.45) is 10.1 Å². The van der Waals surface area contributed by atoms with Crippen LogP contribution >= 0.6 is 11.8 Å². The van der Waals surface area contributed by atoms with Crippen molar-refractivity contribution in [3.05, 3.63) is 101 Å². The Morgan fingerprint density at radius 2 is 1.75 bits per heavy atom. The van der Waals surface area contributed by atoms with Gasteiger partial charge in [0.05, 0.1) is 11.8 Å². The summed E-state index contributed by atoms with van der Waals surface area (Å²) in [6.07, 6.45) is 0.606. The van der Waals surface area contributed by atoms with Gasteiger partial charge in [-0.05, 0) is 43.2 Å². The van der Waals surface area contributed by atoms with Gasteiger partial charge in [-0.2, -0.15) is 10.1 Å². The van der Waals surface area contributed by atoms with E-state index in [-0.39, 0.29) is 24.3 Å². The first-order valence-corrected chi connectivity index (χ1v) is 12.6. The van der Waals surface area contributed by atoms with E-state index >= 15 is 0 Å². The van der Waals surface area contributed by atoms with Crippen LogP contribution in [-0.4, -0.2) is 33.0 Å². The molecule has 2 unspecified atom stereocenters. The van der Waals surface area contributed by atoms with Crippen LogP contribution in [0.15, 0.2) is 82.9 Å². The van der Waals surface area contributed by atoms with Crippen LogP contribution in [0, 0.1) is 19.7 Å². The first-order chi connectivity index (χ1) is 17.4. The van der Waals surface area contributed by atoms with Gasteiger partial charge in [0.15, 0.2) is 5.17 Å². The minimum atomic E-state index is -0.661. The first-order valence-electron chi connectivity index (χ1n) is 11.7. The Morgan fingerprint density at radius 3 is 2.44 bits per heavy atom. The lowest BCUT2D eigenvalue weighted by molar-refractivity contribution is -0.121. The normalized spacial score (nSPS) is 19.3. The predicted molar refractivity (Wildman–Crippen MR) is 142 cm³/mol. The van der Waals surface area contributed by atoms with Crippen LogP contribution in [0.3, 0.4) is 0 Å². The molecule has 2 atom stereocenters. The average Bonchev–Trinajstić information content (AvgIpc) is 3.44. The van der Waals surface area contributed by atoms with E-state index in [4.69, 9.17) is 5.10 Å². The number of nitrogens with zero attached hydrogens (tertiary/aromatic N) is 3. The Morgan fingerprint density at radius 1 is 1.06 bits per heavy atom. The van der Waals surface area contributed by atoms with Crippen molar-refractivity contribution in [2.45, 2.75) is 38.0 Å². The molecule has 5 rings (SSSR count). The summed E-state index contributed by atoms with van der Waals surface area (Å²) < 4.78 is 13.4. The van der Waals surface area contributed by atoms with Gasteiger partial charge in [0.2, 0.25) is 5.91 Å². The molecule has 3 aromatic carbocycles. The van der Waals surface area contributed by atoms with Gasteiger partial charge in [-0.25, -0.2) is 9.40 Å². The molecule has 2 amide bonds. The zero-order valence-corrected chi connectivity index (χ0v) is 20.8. The van der Waals surface area contributed by atoms with Crippen LogP contribution in [-0.2, 0) is 9.59 Å². The van der Waals surface area contributed by atoms with E-state index < -0.39 is 11.1 Å². The molecule has 0 saturated heterocycles. The molecule has 0 bridgehead atoms. The van der Waals surface area contributed by atoms with Crippen LogP contribution in [0.1, 0.15) is 41.1 Å². The fraction of sp³-hybridized carbons (Fsp3) is 0.214. The van der Waals surface area contributed by atoms with E-state index in [9.17, 15) is 14.0 Å². The monoisotopic (exact) mass is 500 g/mol. The van der Waals surface area contributed by atoms with Crippen LogP contribution in [0.4, 0.5) is 10.1 Å². The number of anilines is 1. The number of carbonyl (C=O) groups is 2. The van der Waals surface area contributed by atoms with Crippen LogP contribution in [0.5, 0.6) is 0 Å². The highest BCUT2D eigenvalue weighted by Crippen LogP contribution is 2.38. The van der Waals surface area contributed by atoms with Crippen molar-refractivity contribution in [2.75, 3.05) is 5.32 Å². The van der Waals surface area contributed by atoms with Crippen LogP contribution in [0.25, 0.3) is 0 Å². The molecule has 36 heavy (non-hydrogen) atoms. The van der Waals surface area contributed by atoms with Gasteiger partial charge >= 0.3 is 0 Å². The molecule has 2 aliphatic heterocycles. The third kappa shape index (κ3) is 5.23. The smallest absolute Gasteiger partial charge is 0.262 e. The number of nitrogens with one attached hydrogen (secondary N) is 1. The van der Waals surface area contributed by atoms with Gasteiger partial charge in [0, 0.05) is 18.5 Å². The largest absolute Gasteiger partial charge is 0.326 e. The number of amides is 2. The number of hydrazone groups is 1. The average molecular weight is 501 g/mol. The van der Waals surface area contributed by atoms with Crippen molar-refractivity contribution in [3.63, 3.8) is 0 Å². The molecule has 0 fully saturated rings. The summed E-state index contributed by atoms with van der Waals surface area (Å²) in [6.45, 7) is 4.08. The SMILES string of the molecule is Cc1ccc(C2=NN(C3=NC(=O)C(CC(=O)Nc4cccc(F)c4)S3)C(c3ccc(C)cc3)C2)cc1. The van der Waals surface area contributed by atoms with Gasteiger partial charge in [0.1, 0.15) is 11.1 Å². The Kier molecular flexibility index (Phi) is 6.69. The fourth-order valence-corrected chi connectivity index (χ4v) is 5.27. The van der Waals surface area contributed by atoms with Crippen molar-refractivity contribution < 1.29 is 14.0 Å². The van der Waals surface area contributed by atoms with Gasteiger partial charge < -0.3 is 5.32 Å². The number of halogens is 1. The molecular weight excluding hydrogens is 475 g/mol. The van der Waals surface area contributed by atoms with Crippen LogP contribution in [0.2, 0.25) is 0 Å². The molecule has 0 aliphatic carbocycles. The Bertz CT molecular complexity index is 1370. The Balaban J connectivity index is 1.35. The van der Waals surface area contributed by atoms with Gasteiger partial charge in [-0.15, -0.1) is 0 Å². The lowest BCUT2D eigenvalue weighted by atomic mass is 9.97. The Hall–Kier alpha value is -3.78. The molecular formula is C28H25FN4O2S. The van der Waals surface area contributed by atoms with E-state index in [0.717, 1.165) is 22.4 Å². The summed E-state index contributed by atoms with van der Waals surface area (Å²) in [4.78, 5) is 29.6. The maximum Gasteiger partial charge on any atom is 0.262 e. The maximum absolute atomic E-state index is 13.4. The topological polar surface area (TPSA) is 74.1 Å². The highest BCUT2D eigenvalue weighted by molar-refractivity contribution is 8.15. The summed E-state index contributed by atoms with van der Waals surface area (Å²) in [5.74, 6) is -1.18. The summed E-state index contributed by atoms with van der Waals surface area (Å²) in [5, 5.41) is 9.16. The second-order valence-electron chi connectivity index (χ2n) is 8.99. The van der Waals surface area contributed by atoms with E-state index in [0.29, 0.717) is 17.3 Å². The predicted octanol–water partition coefficient (Wildman–Crippen LogP) is 5.62. The first kappa shape index (κ1) is 23.9. The minimum absolute atomic E-state index is 0.0649. The van der Waals surface area contributed by atoms with Crippen LogP contribution < -0.4 is 5.32 Å². The summed E-state index contributed by atoms with van der Waals surface area (Å²) >= 11 is 1.24. The standard InChI is InChI=1S/C28H25FN4O2S/c1-17-6-10-19(11-7-17)23-15-24(20-12-8-18(2)9-13-20)33(32-23)28-31-27(35)25(36-28)16-26(34)30-22-5-3-4-21(29)14-22/h3-14,24-25H,15-16H2,1-2H3,(H,30,34). The number of amidine groups is 1. The lowest BCUT2D eigenvalue weighted by Crippen LogP contribution is -2.25. The van der Waals surface area contributed by atoms with Gasteiger partial charge in [0.25, 0.3) is 5.91 Å². The van der Waals surface area contributed by atoms with Crippen molar-refractivity contribution in [1.82, 2.24) is 5.01 Å². The number of hydrogen-bond acceptors (Lipinski definition) is 5. The van der Waals surface area contributed by atoms with Gasteiger partial charge in [-0.3, -0.25) is 9.59 Å². The highest BCUT2D eigenvalue weighted by atomic mass is 32.2. The zero-order valence-electron chi connectivity index (χ0n) is 19.9. The number of thioether (sulfide) groups is 1. The second kappa shape index (κ2) is 10.1. The molecule has 2 aliphatic rings. The summed E-state index contributed by atoms with van der Waals surface area (Å²) in [5.41, 5.74) is 5.71. The van der Waals surface area contributed by atoms with E-state index in [1.165, 1.54) is 35.5 Å². The third-order valence-electron chi connectivity index (χ3n) is 6.16. The Labute approximate surface area is 213 Å². The molecule has 3 aromatic rings. The molecule has 0 spiro atoms. The lowest BCUT2D eigenvalue weighted by Gasteiger charge is -2.23. The van der Waals surface area contributed by atoms with Crippen molar-refractivity contribution >= 4 is 40.1 Å². The van der Waals surface area contributed by atoms with Crippen molar-refractivity contribution in [3.8, 4) is 0 Å². The molecule has 0 saturated carbocycles. The summed E-state index contributed by atoms with van der Waals surface area (Å²) in [7, 11) is 0. The number of aryl methyl sites for hydroxylation is 2. The number of benzene rings is 3. The molecule has 2 heterocycles.